The van der Waals surface area contributed by atoms with Gasteiger partial charge in [0.1, 0.15) is 0 Å². The van der Waals surface area contributed by atoms with Crippen LogP contribution in [-0.2, 0) is 5.60 Å². The summed E-state index contributed by atoms with van der Waals surface area (Å²) in [5.41, 5.74) is -0.597. The van der Waals surface area contributed by atoms with Gasteiger partial charge in [-0.2, -0.15) is 0 Å². The Bertz CT molecular complexity index is 466. The van der Waals surface area contributed by atoms with Crippen molar-refractivity contribution < 1.29 is 15.0 Å². The third-order valence-electron chi connectivity index (χ3n) is 2.75. The molecule has 0 aliphatic rings. The highest BCUT2D eigenvalue weighted by Gasteiger charge is 2.51. The molecule has 3 heteroatoms. The van der Waals surface area contributed by atoms with Gasteiger partial charge in [0.25, 0.3) is 0 Å². The van der Waals surface area contributed by atoms with Gasteiger partial charge in [0.05, 0.1) is 11.1 Å². The standard InChI is InChI=1S/C14H12O3/c15-13(16)14(17,11-7-3-1-4-8-11)12-9-5-2-6-10-12/h1-10,17H,(H,15,16)/p+2. The van der Waals surface area contributed by atoms with Crippen LogP contribution < -0.4 is 0 Å². The number of aliphatic hydroxyl groups excluding tert-OH is 1. The molecule has 2 aromatic carbocycles. The van der Waals surface area contributed by atoms with Crippen LogP contribution in [0.4, 0.5) is 0 Å². The Hall–Kier alpha value is -2.13. The molecule has 0 radical (unpaired) electrons. The zero-order valence-corrected chi connectivity index (χ0v) is 9.17. The molecular weight excluding hydrogens is 216 g/mol. The molecule has 0 fully saturated rings. The van der Waals surface area contributed by atoms with E-state index in [-0.39, 0.29) is 0 Å². The van der Waals surface area contributed by atoms with E-state index in [2.05, 4.69) is 0 Å². The Kier molecular flexibility index (Phi) is 2.93. The van der Waals surface area contributed by atoms with E-state index in [0.717, 1.165) is 0 Å². The zero-order chi connectivity index (χ0) is 12.3. The second-order valence-electron chi connectivity index (χ2n) is 3.81. The second kappa shape index (κ2) is 4.39. The maximum atomic E-state index is 9.46. The van der Waals surface area contributed by atoms with Gasteiger partial charge in [-0.15, -0.1) is 0 Å². The minimum absolute atomic E-state index is 0.520. The second-order valence-corrected chi connectivity index (χ2v) is 3.81. The van der Waals surface area contributed by atoms with Crippen LogP contribution >= 0.6 is 0 Å². The highest BCUT2D eigenvalue weighted by Crippen LogP contribution is 2.29. The van der Waals surface area contributed by atoms with Gasteiger partial charge in [-0.1, -0.05) is 36.4 Å². The van der Waals surface area contributed by atoms with Gasteiger partial charge in [-0.25, -0.2) is 0 Å². The fourth-order valence-corrected chi connectivity index (χ4v) is 1.80. The van der Waals surface area contributed by atoms with Crippen molar-refractivity contribution >= 4 is 5.97 Å². The molecule has 0 saturated heterocycles. The minimum Gasteiger partial charge on any atom is -0.421 e. The predicted molar refractivity (Wildman–Crippen MR) is 66.8 cm³/mol. The quantitative estimate of drug-likeness (QED) is 0.801. The largest absolute Gasteiger partial charge is 0.578 e. The highest BCUT2D eigenvalue weighted by molar-refractivity contribution is 5.84. The highest BCUT2D eigenvalue weighted by atomic mass is 16.4. The lowest BCUT2D eigenvalue weighted by Crippen LogP contribution is -2.37. The first-order valence-corrected chi connectivity index (χ1v) is 5.27. The Labute approximate surface area is 99.0 Å². The Morgan fingerprint density at radius 3 is 1.53 bits per heavy atom. The van der Waals surface area contributed by atoms with Crippen LogP contribution in [0.1, 0.15) is 11.1 Å². The first-order chi connectivity index (χ1) is 8.15. The fourth-order valence-electron chi connectivity index (χ4n) is 1.80. The number of benzene rings is 2. The number of hydrogen-bond donors (Lipinski definition) is 1. The number of carboxylic acids is 1. The monoisotopic (exact) mass is 230 g/mol. The number of rotatable bonds is 3. The van der Waals surface area contributed by atoms with E-state index in [1.54, 1.807) is 48.5 Å². The van der Waals surface area contributed by atoms with Crippen molar-refractivity contribution in [2.75, 3.05) is 0 Å². The summed E-state index contributed by atoms with van der Waals surface area (Å²) >= 11 is 0. The molecule has 0 aliphatic carbocycles. The van der Waals surface area contributed by atoms with Gasteiger partial charge >= 0.3 is 11.6 Å². The number of aliphatic carboxylic acids is 1. The molecule has 2 rings (SSSR count). The molecule has 17 heavy (non-hydrogen) atoms. The lowest BCUT2D eigenvalue weighted by Gasteiger charge is -2.15. The maximum absolute atomic E-state index is 9.46. The van der Waals surface area contributed by atoms with Crippen LogP contribution in [-0.4, -0.2) is 21.0 Å². The van der Waals surface area contributed by atoms with Crippen LogP contribution in [0.5, 0.6) is 0 Å². The molecule has 0 aromatic heterocycles. The first-order valence-electron chi connectivity index (χ1n) is 5.27. The first kappa shape index (κ1) is 11.4. The van der Waals surface area contributed by atoms with Crippen molar-refractivity contribution in [3.05, 3.63) is 71.8 Å². The van der Waals surface area contributed by atoms with Crippen LogP contribution in [0.2, 0.25) is 0 Å². The summed E-state index contributed by atoms with van der Waals surface area (Å²) < 4.78 is 0. The Morgan fingerprint density at radius 1 is 0.882 bits per heavy atom. The molecule has 0 aliphatic heterocycles. The smallest absolute Gasteiger partial charge is 0.421 e. The van der Waals surface area contributed by atoms with E-state index in [1.165, 1.54) is 0 Å². The van der Waals surface area contributed by atoms with E-state index >= 15 is 0 Å². The van der Waals surface area contributed by atoms with Gasteiger partial charge in [0.15, 0.2) is 0 Å². The van der Waals surface area contributed by atoms with Crippen LogP contribution in [0.3, 0.4) is 0 Å². The summed E-state index contributed by atoms with van der Waals surface area (Å²) in [6.07, 6.45) is 0. The summed E-state index contributed by atoms with van der Waals surface area (Å²) in [7, 11) is 0. The summed E-state index contributed by atoms with van der Waals surface area (Å²) in [5.74, 6) is -0.921. The number of carboxylic acid groups (broad SMARTS) is 1. The molecule has 3 nitrogen and oxygen atoms in total. The molecule has 0 heterocycles. The fraction of sp³-hybridized carbons (Fsp3) is 0.0714. The van der Waals surface area contributed by atoms with Crippen LogP contribution in [0, 0.1) is 0 Å². The van der Waals surface area contributed by atoms with Crippen molar-refractivity contribution in [3.63, 3.8) is 0 Å². The van der Waals surface area contributed by atoms with Crippen LogP contribution in [0.15, 0.2) is 60.7 Å². The van der Waals surface area contributed by atoms with E-state index in [1.807, 2.05) is 12.1 Å². The summed E-state index contributed by atoms with van der Waals surface area (Å²) in [4.78, 5) is 9.46. The maximum Gasteiger partial charge on any atom is 0.578 e. The average Bonchev–Trinajstić information content (AvgIpc) is 2.39. The van der Waals surface area contributed by atoms with Gasteiger partial charge < -0.3 is 15.0 Å². The molecule has 0 saturated carbocycles. The Morgan fingerprint density at radius 2 is 1.24 bits per heavy atom. The molecule has 0 amide bonds. The lowest BCUT2D eigenvalue weighted by atomic mass is 9.86. The van der Waals surface area contributed by atoms with Crippen molar-refractivity contribution in [3.8, 4) is 0 Å². The topological polar surface area (TPSA) is 64.5 Å². The van der Waals surface area contributed by atoms with Crippen LogP contribution in [0.25, 0.3) is 0 Å². The summed E-state index contributed by atoms with van der Waals surface area (Å²) in [6, 6.07) is 17.5. The van der Waals surface area contributed by atoms with Crippen molar-refractivity contribution in [1.29, 1.82) is 0 Å². The van der Waals surface area contributed by atoms with Crippen molar-refractivity contribution in [1.82, 2.24) is 0 Å². The molecule has 4 N–H and O–H groups in total. The molecule has 2 aromatic rings. The summed E-state index contributed by atoms with van der Waals surface area (Å²) in [6.45, 7) is 0. The lowest BCUT2D eigenvalue weighted by molar-refractivity contribution is 0.119. The molecule has 0 spiro atoms. The Balaban J connectivity index is 2.59. The third kappa shape index (κ3) is 1.92. The van der Waals surface area contributed by atoms with Gasteiger partial charge in [0.2, 0.25) is 0 Å². The SMILES string of the molecule is OC(=[OH+])C([OH2+])(c1ccccc1)c1ccccc1. The molecule has 0 atom stereocenters. The van der Waals surface area contributed by atoms with E-state index in [9.17, 15) is 9.90 Å². The van der Waals surface area contributed by atoms with Crippen molar-refractivity contribution in [2.45, 2.75) is 5.60 Å². The van der Waals surface area contributed by atoms with Gasteiger partial charge in [0, 0.05) is 0 Å². The molecule has 0 bridgehead atoms. The van der Waals surface area contributed by atoms with E-state index in [4.69, 9.17) is 5.11 Å². The summed E-state index contributed by atoms with van der Waals surface area (Å²) in [5, 5.41) is 17.8. The van der Waals surface area contributed by atoms with E-state index in [0.29, 0.717) is 11.1 Å². The normalized spacial score (nSPS) is 11.1. The zero-order valence-electron chi connectivity index (χ0n) is 9.17. The van der Waals surface area contributed by atoms with Gasteiger partial charge in [-0.3, -0.25) is 0 Å². The third-order valence-corrected chi connectivity index (χ3v) is 2.75. The molecule has 86 valence electrons. The predicted octanol–water partition coefficient (Wildman–Crippen LogP) is 1.72. The van der Waals surface area contributed by atoms with Gasteiger partial charge in [-0.05, 0) is 24.3 Å². The molecule has 0 unspecified atom stereocenters. The van der Waals surface area contributed by atoms with Crippen molar-refractivity contribution in [2.24, 2.45) is 0 Å². The van der Waals surface area contributed by atoms with E-state index < -0.39 is 11.6 Å². The number of hydrogen-bond acceptors (Lipinski definition) is 0. The average molecular weight is 230 g/mol. The molecular formula is C14H14O3+2. The minimum atomic E-state index is -1.64.